The molecule has 2 heterocycles. The monoisotopic (exact) mass is 288 g/mol. The van der Waals surface area contributed by atoms with Crippen molar-refractivity contribution in [1.29, 1.82) is 0 Å². The summed E-state index contributed by atoms with van der Waals surface area (Å²) in [7, 11) is 0. The Balaban J connectivity index is 1.62. The molecule has 2 N–H and O–H groups in total. The predicted molar refractivity (Wildman–Crippen MR) is 80.1 cm³/mol. The van der Waals surface area contributed by atoms with Crippen molar-refractivity contribution in [2.75, 3.05) is 6.61 Å². The topological polar surface area (TPSA) is 63.5 Å². The molecule has 0 aliphatic carbocycles. The van der Waals surface area contributed by atoms with Crippen LogP contribution in [0.1, 0.15) is 32.1 Å². The molecule has 1 aromatic heterocycles. The van der Waals surface area contributed by atoms with Gasteiger partial charge in [-0.3, -0.25) is 0 Å². The summed E-state index contributed by atoms with van der Waals surface area (Å²) >= 11 is 0. The Morgan fingerprint density at radius 1 is 1.38 bits per heavy atom. The number of nitrogens with one attached hydrogen (secondary N) is 2. The Bertz CT molecular complexity index is 604. The zero-order valence-electron chi connectivity index (χ0n) is 12.3. The minimum atomic E-state index is -0.190. The second-order valence-corrected chi connectivity index (χ2v) is 5.50. The van der Waals surface area contributed by atoms with Crippen LogP contribution in [0.15, 0.2) is 34.7 Å². The number of hydrogen-bond acceptors (Lipinski definition) is 3. The number of benzene rings is 1. The maximum absolute atomic E-state index is 12.0. The van der Waals surface area contributed by atoms with Crippen LogP contribution in [-0.4, -0.2) is 24.8 Å². The van der Waals surface area contributed by atoms with Gasteiger partial charge in [-0.15, -0.1) is 0 Å². The van der Waals surface area contributed by atoms with Crippen molar-refractivity contribution in [1.82, 2.24) is 10.6 Å². The van der Waals surface area contributed by atoms with Crippen molar-refractivity contribution in [3.63, 3.8) is 0 Å². The number of hydrogen-bond donors (Lipinski definition) is 2. The van der Waals surface area contributed by atoms with E-state index >= 15 is 0 Å². The lowest BCUT2D eigenvalue weighted by molar-refractivity contribution is 0.114. The van der Waals surface area contributed by atoms with Crippen molar-refractivity contribution in [2.24, 2.45) is 0 Å². The summed E-state index contributed by atoms with van der Waals surface area (Å²) in [5.41, 5.74) is 0.833. The number of fused-ring (bicyclic) bond motifs is 1. The number of carbonyl (C=O) groups is 1. The third-order valence-corrected chi connectivity index (χ3v) is 3.91. The molecule has 2 unspecified atom stereocenters. The first-order valence-corrected chi connectivity index (χ1v) is 7.30. The van der Waals surface area contributed by atoms with Crippen LogP contribution < -0.4 is 10.6 Å². The first-order chi connectivity index (χ1) is 10.1. The van der Waals surface area contributed by atoms with E-state index < -0.39 is 0 Å². The van der Waals surface area contributed by atoms with Crippen LogP contribution in [0.2, 0.25) is 0 Å². The van der Waals surface area contributed by atoms with Crippen molar-refractivity contribution in [2.45, 2.75) is 38.5 Å². The number of furan rings is 1. The van der Waals surface area contributed by atoms with Gasteiger partial charge in [0.05, 0.1) is 18.2 Å². The fraction of sp³-hybridized carbons (Fsp3) is 0.438. The fourth-order valence-corrected chi connectivity index (χ4v) is 2.61. The Kier molecular flexibility index (Phi) is 3.84. The summed E-state index contributed by atoms with van der Waals surface area (Å²) in [5.74, 6) is 0.752. The molecule has 1 aliphatic rings. The van der Waals surface area contributed by atoms with E-state index in [1.165, 1.54) is 0 Å². The highest BCUT2D eigenvalue weighted by Gasteiger charge is 2.26. The smallest absolute Gasteiger partial charge is 0.315 e. The molecule has 3 rings (SSSR count). The molecule has 1 aromatic carbocycles. The van der Waals surface area contributed by atoms with Gasteiger partial charge in [-0.1, -0.05) is 18.2 Å². The summed E-state index contributed by atoms with van der Waals surface area (Å²) in [4.78, 5) is 12.0. The van der Waals surface area contributed by atoms with E-state index in [1.807, 2.05) is 44.2 Å². The van der Waals surface area contributed by atoms with E-state index in [1.54, 1.807) is 0 Å². The van der Waals surface area contributed by atoms with Crippen LogP contribution in [0.5, 0.6) is 0 Å². The first-order valence-electron chi connectivity index (χ1n) is 7.30. The average molecular weight is 288 g/mol. The molecule has 1 fully saturated rings. The number of rotatable bonds is 3. The number of para-hydroxylation sites is 1. The highest BCUT2D eigenvalue weighted by molar-refractivity contribution is 5.78. The molecule has 5 nitrogen and oxygen atoms in total. The molecule has 1 saturated heterocycles. The molecule has 2 aromatic rings. The highest BCUT2D eigenvalue weighted by atomic mass is 16.5. The number of amides is 2. The maximum atomic E-state index is 12.0. The average Bonchev–Trinajstić information content (AvgIpc) is 3.05. The molecular formula is C16H20N2O3. The van der Waals surface area contributed by atoms with Gasteiger partial charge in [-0.05, 0) is 32.4 Å². The Morgan fingerprint density at radius 2 is 2.19 bits per heavy atom. The zero-order chi connectivity index (χ0) is 14.8. The number of urea groups is 1. The Morgan fingerprint density at radius 3 is 2.90 bits per heavy atom. The summed E-state index contributed by atoms with van der Waals surface area (Å²) in [6, 6.07) is 9.47. The van der Waals surface area contributed by atoms with Crippen LogP contribution in [0.25, 0.3) is 11.0 Å². The molecule has 0 saturated carbocycles. The van der Waals surface area contributed by atoms with Crippen LogP contribution in [-0.2, 0) is 4.74 Å². The standard InChI is InChI=1S/C16H20N2O3/c1-10(15-9-12-5-3-4-6-14(12)21-15)17-16(19)18-13-7-8-20-11(13)2/h3-6,9-11,13H,7-8H2,1-2H3,(H2,17,18,19)/t10-,11?,13?/m0/s1. The van der Waals surface area contributed by atoms with Crippen molar-refractivity contribution >= 4 is 17.0 Å². The lowest BCUT2D eigenvalue weighted by atomic mass is 10.1. The largest absolute Gasteiger partial charge is 0.459 e. The van der Waals surface area contributed by atoms with Crippen molar-refractivity contribution in [3.8, 4) is 0 Å². The summed E-state index contributed by atoms with van der Waals surface area (Å²) in [6.45, 7) is 4.58. The van der Waals surface area contributed by atoms with Gasteiger partial charge >= 0.3 is 6.03 Å². The molecule has 0 radical (unpaired) electrons. The normalized spacial score (nSPS) is 23.1. The second-order valence-electron chi connectivity index (χ2n) is 5.50. The molecule has 0 bridgehead atoms. The van der Waals surface area contributed by atoms with E-state index in [2.05, 4.69) is 10.6 Å². The Labute approximate surface area is 123 Å². The quantitative estimate of drug-likeness (QED) is 0.912. The summed E-state index contributed by atoms with van der Waals surface area (Å²) in [6.07, 6.45) is 0.922. The maximum Gasteiger partial charge on any atom is 0.315 e. The fourth-order valence-electron chi connectivity index (χ4n) is 2.61. The third kappa shape index (κ3) is 3.03. The van der Waals surface area contributed by atoms with Gasteiger partial charge in [-0.25, -0.2) is 4.79 Å². The lowest BCUT2D eigenvalue weighted by Gasteiger charge is -2.18. The SMILES string of the molecule is CC1OCCC1NC(=O)N[C@@H](C)c1cc2ccccc2o1. The van der Waals surface area contributed by atoms with Crippen LogP contribution in [0.3, 0.4) is 0 Å². The van der Waals surface area contributed by atoms with E-state index in [0.29, 0.717) is 6.61 Å². The van der Waals surface area contributed by atoms with Crippen LogP contribution >= 0.6 is 0 Å². The van der Waals surface area contributed by atoms with Gasteiger partial charge in [0.15, 0.2) is 0 Å². The lowest BCUT2D eigenvalue weighted by Crippen LogP contribution is -2.45. The molecule has 5 heteroatoms. The minimum Gasteiger partial charge on any atom is -0.459 e. The number of ether oxygens (including phenoxy) is 1. The van der Waals surface area contributed by atoms with E-state index in [-0.39, 0.29) is 24.2 Å². The second kappa shape index (κ2) is 5.77. The summed E-state index contributed by atoms with van der Waals surface area (Å²) < 4.78 is 11.2. The highest BCUT2D eigenvalue weighted by Crippen LogP contribution is 2.23. The van der Waals surface area contributed by atoms with E-state index in [4.69, 9.17) is 9.15 Å². The molecule has 1 aliphatic heterocycles. The van der Waals surface area contributed by atoms with Gasteiger partial charge in [0.25, 0.3) is 0 Å². The molecule has 21 heavy (non-hydrogen) atoms. The third-order valence-electron chi connectivity index (χ3n) is 3.91. The van der Waals surface area contributed by atoms with Gasteiger partial charge in [0.2, 0.25) is 0 Å². The summed E-state index contributed by atoms with van der Waals surface area (Å²) in [5, 5.41) is 6.89. The van der Waals surface area contributed by atoms with Crippen molar-refractivity contribution < 1.29 is 13.9 Å². The van der Waals surface area contributed by atoms with Gasteiger partial charge < -0.3 is 19.8 Å². The van der Waals surface area contributed by atoms with Gasteiger partial charge in [-0.2, -0.15) is 0 Å². The minimum absolute atomic E-state index is 0.0669. The van der Waals surface area contributed by atoms with Crippen LogP contribution in [0, 0.1) is 0 Å². The first kappa shape index (κ1) is 13.9. The van der Waals surface area contributed by atoms with Gasteiger partial charge in [0.1, 0.15) is 11.3 Å². The Hall–Kier alpha value is -2.01. The predicted octanol–water partition coefficient (Wildman–Crippen LogP) is 2.97. The zero-order valence-corrected chi connectivity index (χ0v) is 12.3. The van der Waals surface area contributed by atoms with Crippen LogP contribution in [0.4, 0.5) is 4.79 Å². The van der Waals surface area contributed by atoms with Crippen molar-refractivity contribution in [3.05, 3.63) is 36.1 Å². The molecule has 3 atom stereocenters. The molecule has 2 amide bonds. The molecule has 0 spiro atoms. The molecular weight excluding hydrogens is 268 g/mol. The molecule has 112 valence electrons. The van der Waals surface area contributed by atoms with E-state index in [9.17, 15) is 4.79 Å². The number of carbonyl (C=O) groups excluding carboxylic acids is 1. The van der Waals surface area contributed by atoms with E-state index in [0.717, 1.165) is 23.2 Å². The van der Waals surface area contributed by atoms with Gasteiger partial charge in [0, 0.05) is 12.0 Å².